The molecule has 1 fully saturated rings. The molecule has 0 radical (unpaired) electrons. The zero-order chi connectivity index (χ0) is 15.6. The van der Waals surface area contributed by atoms with E-state index in [1.807, 2.05) is 0 Å². The summed E-state index contributed by atoms with van der Waals surface area (Å²) in [5.41, 5.74) is 1.90. The van der Waals surface area contributed by atoms with Crippen LogP contribution in [0, 0.1) is 23.2 Å². The standard InChI is InChI=1S/C18H32O3/c1-12-7-8-16-15(11-18(16,2)3)14(17(20-5)21-6)10-13(9-12)19-4/h9,13-17H,7-8,10-11H2,1-6H3/b12-9-. The first kappa shape index (κ1) is 17.0. The fourth-order valence-electron chi connectivity index (χ4n) is 4.59. The van der Waals surface area contributed by atoms with Gasteiger partial charge in [0.1, 0.15) is 0 Å². The van der Waals surface area contributed by atoms with Crippen molar-refractivity contribution in [1.82, 2.24) is 0 Å². The van der Waals surface area contributed by atoms with Crippen molar-refractivity contribution >= 4 is 0 Å². The highest BCUT2D eigenvalue weighted by molar-refractivity contribution is 5.09. The minimum Gasteiger partial charge on any atom is -0.377 e. The molecule has 0 aromatic carbocycles. The van der Waals surface area contributed by atoms with E-state index in [1.165, 1.54) is 24.8 Å². The Bertz CT molecular complexity index is 371. The minimum atomic E-state index is -0.127. The third-order valence-electron chi connectivity index (χ3n) is 5.77. The molecule has 0 aromatic rings. The number of ether oxygens (including phenoxy) is 3. The van der Waals surface area contributed by atoms with Gasteiger partial charge >= 0.3 is 0 Å². The van der Waals surface area contributed by atoms with Crippen LogP contribution in [0.2, 0.25) is 0 Å². The van der Waals surface area contributed by atoms with Gasteiger partial charge in [0.2, 0.25) is 0 Å². The van der Waals surface area contributed by atoms with Gasteiger partial charge < -0.3 is 14.2 Å². The van der Waals surface area contributed by atoms with Gasteiger partial charge in [-0.25, -0.2) is 0 Å². The average Bonchev–Trinajstić information content (AvgIpc) is 2.48. The molecule has 1 saturated carbocycles. The molecule has 2 aliphatic rings. The Morgan fingerprint density at radius 1 is 1.19 bits per heavy atom. The van der Waals surface area contributed by atoms with Crippen LogP contribution in [0.5, 0.6) is 0 Å². The maximum atomic E-state index is 5.69. The predicted octanol–water partition coefficient (Wildman–Crippen LogP) is 4.03. The van der Waals surface area contributed by atoms with Crippen molar-refractivity contribution in [2.75, 3.05) is 21.3 Å². The van der Waals surface area contributed by atoms with E-state index in [9.17, 15) is 0 Å². The Balaban J connectivity index is 2.26. The third-order valence-corrected chi connectivity index (χ3v) is 5.77. The highest BCUT2D eigenvalue weighted by Gasteiger charge is 2.52. The quantitative estimate of drug-likeness (QED) is 0.579. The largest absolute Gasteiger partial charge is 0.377 e. The van der Waals surface area contributed by atoms with E-state index in [1.54, 1.807) is 21.3 Å². The number of hydrogen-bond donors (Lipinski definition) is 0. The van der Waals surface area contributed by atoms with Crippen LogP contribution >= 0.6 is 0 Å². The zero-order valence-corrected chi connectivity index (χ0v) is 14.5. The van der Waals surface area contributed by atoms with E-state index in [2.05, 4.69) is 26.8 Å². The molecule has 4 atom stereocenters. The molecule has 0 aromatic heterocycles. The smallest absolute Gasteiger partial charge is 0.159 e. The van der Waals surface area contributed by atoms with Crippen molar-refractivity contribution in [3.05, 3.63) is 11.6 Å². The molecule has 4 unspecified atom stereocenters. The molecule has 2 rings (SSSR count). The Morgan fingerprint density at radius 3 is 2.38 bits per heavy atom. The first-order chi connectivity index (χ1) is 9.92. The predicted molar refractivity (Wildman–Crippen MR) is 85.1 cm³/mol. The Morgan fingerprint density at radius 2 is 1.86 bits per heavy atom. The van der Waals surface area contributed by atoms with Gasteiger partial charge in [0.25, 0.3) is 0 Å². The van der Waals surface area contributed by atoms with Gasteiger partial charge in [-0.2, -0.15) is 0 Å². The molecule has 0 spiro atoms. The van der Waals surface area contributed by atoms with Gasteiger partial charge in [-0.1, -0.05) is 25.5 Å². The molecule has 0 heterocycles. The maximum Gasteiger partial charge on any atom is 0.159 e. The van der Waals surface area contributed by atoms with Crippen LogP contribution in [0.1, 0.15) is 46.5 Å². The summed E-state index contributed by atoms with van der Waals surface area (Å²) in [6, 6.07) is 0. The van der Waals surface area contributed by atoms with Crippen LogP contribution in [0.4, 0.5) is 0 Å². The van der Waals surface area contributed by atoms with Crippen molar-refractivity contribution in [1.29, 1.82) is 0 Å². The Hall–Kier alpha value is -0.380. The van der Waals surface area contributed by atoms with Crippen LogP contribution in [0.3, 0.4) is 0 Å². The second-order valence-electron chi connectivity index (χ2n) is 7.53. The summed E-state index contributed by atoms with van der Waals surface area (Å²) < 4.78 is 16.9. The molecular weight excluding hydrogens is 264 g/mol. The van der Waals surface area contributed by atoms with Gasteiger partial charge in [0.05, 0.1) is 6.10 Å². The van der Waals surface area contributed by atoms with Crippen molar-refractivity contribution in [2.24, 2.45) is 23.2 Å². The number of rotatable bonds is 4. The molecule has 122 valence electrons. The topological polar surface area (TPSA) is 27.7 Å². The second kappa shape index (κ2) is 6.80. The number of allylic oxidation sites excluding steroid dienone is 1. The number of methoxy groups -OCH3 is 3. The molecule has 3 heteroatoms. The van der Waals surface area contributed by atoms with E-state index in [-0.39, 0.29) is 12.4 Å². The minimum absolute atomic E-state index is 0.127. The summed E-state index contributed by atoms with van der Waals surface area (Å²) in [5, 5.41) is 0. The molecule has 2 aliphatic carbocycles. The number of fused-ring (bicyclic) bond motifs is 1. The highest BCUT2D eigenvalue weighted by atomic mass is 16.7. The van der Waals surface area contributed by atoms with E-state index in [4.69, 9.17) is 14.2 Å². The maximum absolute atomic E-state index is 5.69. The summed E-state index contributed by atoms with van der Waals surface area (Å²) in [6.45, 7) is 7.05. The molecule has 0 saturated heterocycles. The lowest BCUT2D eigenvalue weighted by molar-refractivity contribution is -0.190. The summed E-state index contributed by atoms with van der Waals surface area (Å²) in [7, 11) is 5.31. The van der Waals surface area contributed by atoms with Crippen molar-refractivity contribution in [3.63, 3.8) is 0 Å². The Kier molecular flexibility index (Phi) is 5.50. The molecular formula is C18H32O3. The first-order valence-electron chi connectivity index (χ1n) is 8.18. The van der Waals surface area contributed by atoms with E-state index >= 15 is 0 Å². The van der Waals surface area contributed by atoms with Crippen LogP contribution in [0.15, 0.2) is 11.6 Å². The summed E-state index contributed by atoms with van der Waals surface area (Å²) in [5.74, 6) is 1.85. The van der Waals surface area contributed by atoms with Crippen LogP contribution < -0.4 is 0 Å². The molecule has 21 heavy (non-hydrogen) atoms. The first-order valence-corrected chi connectivity index (χ1v) is 8.18. The van der Waals surface area contributed by atoms with E-state index in [0.717, 1.165) is 12.3 Å². The van der Waals surface area contributed by atoms with Crippen LogP contribution in [-0.2, 0) is 14.2 Å². The lowest BCUT2D eigenvalue weighted by atomic mass is 9.50. The Labute approximate surface area is 130 Å². The molecule has 0 amide bonds. The van der Waals surface area contributed by atoms with E-state index < -0.39 is 0 Å². The summed E-state index contributed by atoms with van der Waals surface area (Å²) in [6.07, 6.45) is 7.05. The monoisotopic (exact) mass is 296 g/mol. The summed E-state index contributed by atoms with van der Waals surface area (Å²) >= 11 is 0. The zero-order valence-electron chi connectivity index (χ0n) is 14.5. The molecule has 3 nitrogen and oxygen atoms in total. The fraction of sp³-hybridized carbons (Fsp3) is 0.889. The van der Waals surface area contributed by atoms with Gasteiger partial charge in [0.15, 0.2) is 6.29 Å². The van der Waals surface area contributed by atoms with Crippen LogP contribution in [0.25, 0.3) is 0 Å². The molecule has 0 bridgehead atoms. The van der Waals surface area contributed by atoms with Gasteiger partial charge in [-0.15, -0.1) is 0 Å². The van der Waals surface area contributed by atoms with Gasteiger partial charge in [-0.3, -0.25) is 0 Å². The van der Waals surface area contributed by atoms with Gasteiger partial charge in [-0.05, 0) is 49.9 Å². The fourth-order valence-corrected chi connectivity index (χ4v) is 4.59. The SMILES string of the molecule is COC1/C=C(/C)CCC2C(CC2(C)C)C(C(OC)OC)C1. The third kappa shape index (κ3) is 3.52. The van der Waals surface area contributed by atoms with Crippen LogP contribution in [-0.4, -0.2) is 33.7 Å². The lowest BCUT2D eigenvalue weighted by Crippen LogP contribution is -2.51. The lowest BCUT2D eigenvalue weighted by Gasteiger charge is -2.56. The van der Waals surface area contributed by atoms with Crippen molar-refractivity contribution in [2.45, 2.75) is 58.8 Å². The van der Waals surface area contributed by atoms with E-state index in [0.29, 0.717) is 17.3 Å². The normalized spacial score (nSPS) is 38.5. The highest BCUT2D eigenvalue weighted by Crippen LogP contribution is 2.57. The van der Waals surface area contributed by atoms with Crippen molar-refractivity contribution in [3.8, 4) is 0 Å². The average molecular weight is 296 g/mol. The second-order valence-corrected chi connectivity index (χ2v) is 7.53. The summed E-state index contributed by atoms with van der Waals surface area (Å²) in [4.78, 5) is 0. The molecule has 0 aliphatic heterocycles. The van der Waals surface area contributed by atoms with Gasteiger partial charge in [0, 0.05) is 27.2 Å². The molecule has 0 N–H and O–H groups in total. The number of hydrogen-bond acceptors (Lipinski definition) is 3. The van der Waals surface area contributed by atoms with Crippen molar-refractivity contribution < 1.29 is 14.2 Å².